The minimum absolute atomic E-state index is 0. The molecule has 0 unspecified atom stereocenters. The van der Waals surface area contributed by atoms with Crippen LogP contribution in [0.15, 0.2) is 161 Å². The third kappa shape index (κ3) is 20.9. The molecule has 46 heteroatoms. The minimum Gasteiger partial charge on any atom is -0.505 e. The average molecular weight is 1420 g/mol. The number of aliphatic hydroxyl groups is 1. The second-order valence-corrected chi connectivity index (χ2v) is 26.1. The number of phenols is 2. The standard InChI is InChI=1S/C42H32N8O24S7.7Na/c1-19(51)44-29-18-28(76(57,58)59)12-22-13-33(80(69,70)71)39(41(52)35(22)29)49-46-25-6-4-20(30(16-25)77(60,61)62)2-3-21-5-7-26(17-31(21)78(63,64)65)47-50-40-34(81(72,73)74)15-23-14-32(79(66,67)68)38(37(43)36(23)42(40)53)48-45-24-8-10-27(11-9-24)75(54,55)56;;;;;;;/h2-18,52-53H,43H2,1H3,(H,44,51)(H,54,55,56)(H,57,58,59)(H,60,61,62)(H,63,64,65)(H,66,67,68)(H,69,70,71)(H,72,73,74);;;;;;;. The molecule has 0 atom stereocenters. The Morgan fingerprint density at radius 3 is 1.08 bits per heavy atom. The van der Waals surface area contributed by atoms with E-state index in [1.165, 1.54) is 0 Å². The van der Waals surface area contributed by atoms with Gasteiger partial charge in [-0.05, 0) is 101 Å². The molecule has 433 valence electrons. The molecule has 0 aliphatic heterocycles. The maximum atomic E-state index is 12.7. The van der Waals surface area contributed by atoms with Crippen molar-refractivity contribution < 1.29 is 106 Å². The molecule has 0 saturated carbocycles. The van der Waals surface area contributed by atoms with Crippen molar-refractivity contribution in [1.29, 1.82) is 0 Å². The number of aromatic hydroxyl groups is 2. The Morgan fingerprint density at radius 2 is 0.716 bits per heavy atom. The number of aliphatic imine (C=N–C) groups is 1. The summed E-state index contributed by atoms with van der Waals surface area (Å²) < 4.78 is 242. The van der Waals surface area contributed by atoms with E-state index < -0.39 is 195 Å². The van der Waals surface area contributed by atoms with Crippen LogP contribution in [0.5, 0.6) is 11.5 Å². The molecule has 0 saturated heterocycles. The van der Waals surface area contributed by atoms with Crippen LogP contribution in [0.4, 0.5) is 45.5 Å². The topological polar surface area (TPSA) is 554 Å². The number of rotatable bonds is 16. The van der Waals surface area contributed by atoms with Gasteiger partial charge in [-0.3, -0.25) is 31.9 Å². The summed E-state index contributed by atoms with van der Waals surface area (Å²) in [4.78, 5) is -3.44. The molecule has 7 aromatic rings. The van der Waals surface area contributed by atoms with Gasteiger partial charge in [-0.1, -0.05) is 24.3 Å². The molecule has 0 spiro atoms. The second-order valence-electron chi connectivity index (χ2n) is 16.3. The van der Waals surface area contributed by atoms with Crippen LogP contribution in [0.3, 0.4) is 0 Å². The van der Waals surface area contributed by atoms with Gasteiger partial charge in [0, 0.05) is 214 Å². The van der Waals surface area contributed by atoms with Gasteiger partial charge < -0.3 is 21.1 Å². The molecule has 0 aliphatic carbocycles. The number of nitrogens with zero attached hydrogens (tertiary/aromatic N) is 7. The van der Waals surface area contributed by atoms with Crippen molar-refractivity contribution in [3.8, 4) is 11.5 Å². The summed E-state index contributed by atoms with van der Waals surface area (Å²) in [6, 6.07) is 11.8. The zero-order valence-corrected chi connectivity index (χ0v) is 66.3. The van der Waals surface area contributed by atoms with Gasteiger partial charge in [-0.25, -0.2) is 4.99 Å². The zero-order chi connectivity index (χ0) is 60.3. The van der Waals surface area contributed by atoms with E-state index >= 15 is 0 Å². The number of phenolic OH excluding ortho intramolecular Hbond substituents is 2. The van der Waals surface area contributed by atoms with E-state index in [1.807, 2.05) is 0 Å². The maximum absolute atomic E-state index is 12.7. The maximum Gasteiger partial charge on any atom is 0.296 e. The predicted octanol–water partition coefficient (Wildman–Crippen LogP) is 5.07. The Labute approximate surface area is 654 Å². The SMILES string of the molecule is CC(O)=Nc1cc(S(=O)(=O)O)cc2cc(S(=O)(=O)O)c(N=Nc3ccc(C=Cc4ccc(N=Nc5c(S(=O)(=O)O)cc6cc(S(=O)(=O)O)c(N=Nc7ccc(S(=O)(=O)O)cc7)c(N)c6c5O)cc4S(=O)(=O)O)c(S(=O)(=O)O)c3)c(O)c12.[Na].[Na].[Na].[Na].[Na].[Na].[Na]. The van der Waals surface area contributed by atoms with Gasteiger partial charge in [0.1, 0.15) is 41.5 Å². The fraction of sp³-hybridized carbons (Fsp3) is 0.0238. The van der Waals surface area contributed by atoms with Crippen LogP contribution < -0.4 is 5.73 Å². The molecule has 12 N–H and O–H groups in total. The fourth-order valence-corrected chi connectivity index (χ4v) is 11.7. The van der Waals surface area contributed by atoms with Crippen molar-refractivity contribution in [2.24, 2.45) is 35.7 Å². The quantitative estimate of drug-likeness (QED) is 0.0114. The Morgan fingerprint density at radius 1 is 0.386 bits per heavy atom. The number of nitrogen functional groups attached to an aromatic ring is 1. The van der Waals surface area contributed by atoms with Gasteiger partial charge in [0.05, 0.1) is 49.0 Å². The van der Waals surface area contributed by atoms with Crippen LogP contribution in [0.1, 0.15) is 18.1 Å². The molecule has 88 heavy (non-hydrogen) atoms. The fourth-order valence-electron chi connectivity index (χ4n) is 7.33. The second kappa shape index (κ2) is 33.0. The van der Waals surface area contributed by atoms with Crippen LogP contribution in [0, 0.1) is 0 Å². The van der Waals surface area contributed by atoms with E-state index in [4.69, 9.17) is 5.73 Å². The Balaban J connectivity index is 0.0000108. The van der Waals surface area contributed by atoms with Crippen molar-refractivity contribution >= 4 is 363 Å². The normalized spacial score (nSPS) is 12.6. The van der Waals surface area contributed by atoms with E-state index in [0.717, 1.165) is 67.6 Å². The summed E-state index contributed by atoms with van der Waals surface area (Å²) in [6.45, 7) is 1.02. The molecule has 0 bridgehead atoms. The van der Waals surface area contributed by atoms with E-state index in [1.54, 1.807) is 0 Å². The molecule has 7 radical (unpaired) electrons. The number of anilines is 1. The first kappa shape index (κ1) is 86.8. The number of fused-ring (bicyclic) bond motifs is 2. The largest absolute Gasteiger partial charge is 0.505 e. The Hall–Kier alpha value is -1.16. The molecule has 0 aromatic heterocycles. The van der Waals surface area contributed by atoms with Gasteiger partial charge in [0.2, 0.25) is 0 Å². The smallest absolute Gasteiger partial charge is 0.296 e. The summed E-state index contributed by atoms with van der Waals surface area (Å²) in [5.41, 5.74) is -0.514. The van der Waals surface area contributed by atoms with Crippen LogP contribution in [-0.2, 0) is 70.8 Å². The Bertz CT molecular complexity index is 4910. The van der Waals surface area contributed by atoms with Crippen LogP contribution >= 0.6 is 0 Å². The van der Waals surface area contributed by atoms with Crippen molar-refractivity contribution in [1.82, 2.24) is 0 Å². The van der Waals surface area contributed by atoms with E-state index in [-0.39, 0.29) is 213 Å². The van der Waals surface area contributed by atoms with E-state index in [9.17, 15) is 106 Å². The average Bonchev–Trinajstić information content (AvgIpc) is 0.786. The minimum atomic E-state index is -5.47. The number of hydrogen-bond donors (Lipinski definition) is 11. The molecule has 0 fully saturated rings. The number of hydrogen-bond acceptors (Lipinski definition) is 24. The number of nitrogens with two attached hydrogens (primary N) is 1. The molecule has 7 rings (SSSR count). The molecule has 0 heterocycles. The van der Waals surface area contributed by atoms with Gasteiger partial charge in [-0.2, -0.15) is 74.3 Å². The predicted molar refractivity (Wildman–Crippen MR) is 321 cm³/mol. The van der Waals surface area contributed by atoms with Gasteiger partial charge in [0.25, 0.3) is 70.8 Å². The van der Waals surface area contributed by atoms with Gasteiger partial charge in [0.15, 0.2) is 17.4 Å². The first-order valence-corrected chi connectivity index (χ1v) is 31.1. The summed E-state index contributed by atoms with van der Waals surface area (Å²) >= 11 is 0. The molecule has 0 aliphatic rings. The third-order valence-electron chi connectivity index (χ3n) is 10.8. The van der Waals surface area contributed by atoms with Crippen LogP contribution in [0.25, 0.3) is 33.7 Å². The monoisotopic (exact) mass is 1420 g/mol. The third-order valence-corrected chi connectivity index (χ3v) is 16.9. The van der Waals surface area contributed by atoms with Gasteiger partial charge >= 0.3 is 0 Å². The summed E-state index contributed by atoms with van der Waals surface area (Å²) in [5, 5.41) is 52.3. The van der Waals surface area contributed by atoms with E-state index in [0.29, 0.717) is 42.5 Å². The molecule has 32 nitrogen and oxygen atoms in total. The van der Waals surface area contributed by atoms with E-state index in [2.05, 4.69) is 35.7 Å². The van der Waals surface area contributed by atoms with Crippen molar-refractivity contribution in [2.45, 2.75) is 41.2 Å². The number of benzene rings is 7. The summed E-state index contributed by atoms with van der Waals surface area (Å²) in [6.07, 6.45) is 1.75. The first-order chi connectivity index (χ1) is 37.1. The Kier molecular flexibility index (Phi) is 32.6. The molecule has 7 aromatic carbocycles. The number of aliphatic hydroxyl groups excluding tert-OH is 1. The first-order valence-electron chi connectivity index (χ1n) is 21.0. The molecule has 0 amide bonds. The molecular formula is C42H32N8Na7O24S7. The van der Waals surface area contributed by atoms with Crippen molar-refractivity contribution in [3.63, 3.8) is 0 Å². The van der Waals surface area contributed by atoms with Crippen molar-refractivity contribution in [2.75, 3.05) is 5.73 Å². The summed E-state index contributed by atoms with van der Waals surface area (Å²) in [5.74, 6) is -3.15. The number of azo groups is 3. The zero-order valence-electron chi connectivity index (χ0n) is 46.6. The summed E-state index contributed by atoms with van der Waals surface area (Å²) in [7, 11) is -36.5. The van der Waals surface area contributed by atoms with Gasteiger partial charge in [-0.15, -0.1) is 15.3 Å². The van der Waals surface area contributed by atoms with Crippen LogP contribution in [0.2, 0.25) is 0 Å². The molecular weight excluding hydrogens is 1390 g/mol. The van der Waals surface area contributed by atoms with Crippen molar-refractivity contribution in [3.05, 3.63) is 102 Å². The van der Waals surface area contributed by atoms with Crippen LogP contribution in [-0.4, -0.2) is 319 Å².